The molecule has 0 unspecified atom stereocenters. The van der Waals surface area contributed by atoms with Crippen molar-refractivity contribution in [3.63, 3.8) is 0 Å². The second-order valence-electron chi connectivity index (χ2n) is 6.28. The van der Waals surface area contributed by atoms with Crippen molar-refractivity contribution in [1.29, 1.82) is 0 Å². The normalized spacial score (nSPS) is 20.6. The molecule has 1 aromatic carbocycles. The minimum atomic E-state index is -5.55. The zero-order valence-electron chi connectivity index (χ0n) is 12.3. The van der Waals surface area contributed by atoms with Crippen molar-refractivity contribution in [1.82, 2.24) is 4.90 Å². The summed E-state index contributed by atoms with van der Waals surface area (Å²) in [5.74, 6) is -0.641. The fraction of sp³-hybridized carbons (Fsp3) is 0.533. The molecule has 2 fully saturated rings. The van der Waals surface area contributed by atoms with Crippen LogP contribution < -0.4 is 0 Å². The first-order chi connectivity index (χ1) is 10.7. The Morgan fingerprint density at radius 3 is 2.30 bits per heavy atom. The Kier molecular flexibility index (Phi) is 3.70. The predicted octanol–water partition coefficient (Wildman–Crippen LogP) is 3.00. The molecule has 0 radical (unpaired) electrons. The highest BCUT2D eigenvalue weighted by Crippen LogP contribution is 2.48. The summed E-state index contributed by atoms with van der Waals surface area (Å²) in [5, 5.41) is 0. The summed E-state index contributed by atoms with van der Waals surface area (Å²) >= 11 is 0. The number of halogens is 3. The van der Waals surface area contributed by atoms with E-state index < -0.39 is 31.7 Å². The van der Waals surface area contributed by atoms with E-state index in [4.69, 9.17) is 0 Å². The lowest BCUT2D eigenvalue weighted by molar-refractivity contribution is -0.0436. The molecular formula is C15H16F3NO3S. The van der Waals surface area contributed by atoms with Crippen LogP contribution in [0.25, 0.3) is 0 Å². The summed E-state index contributed by atoms with van der Waals surface area (Å²) in [5.41, 5.74) is -5.74. The zero-order valence-corrected chi connectivity index (χ0v) is 13.1. The van der Waals surface area contributed by atoms with Crippen LogP contribution in [0.4, 0.5) is 13.2 Å². The van der Waals surface area contributed by atoms with Crippen LogP contribution >= 0.6 is 0 Å². The Labute approximate surface area is 132 Å². The molecule has 4 nitrogen and oxygen atoms in total. The lowest BCUT2D eigenvalue weighted by Crippen LogP contribution is -2.36. The van der Waals surface area contributed by atoms with Crippen LogP contribution in [0.1, 0.15) is 36.0 Å². The second-order valence-corrected chi connectivity index (χ2v) is 8.19. The highest BCUT2D eigenvalue weighted by Gasteiger charge is 2.49. The molecule has 3 rings (SSSR count). The molecule has 1 amide bonds. The summed E-state index contributed by atoms with van der Waals surface area (Å²) in [6.07, 6.45) is 3.95. The van der Waals surface area contributed by atoms with Crippen molar-refractivity contribution in [2.45, 2.75) is 36.1 Å². The number of nitrogens with zero attached hydrogens (tertiary/aromatic N) is 1. The van der Waals surface area contributed by atoms with Crippen LogP contribution in [0.5, 0.6) is 0 Å². The number of likely N-dealkylation sites (tertiary alicyclic amines) is 1. The van der Waals surface area contributed by atoms with E-state index in [9.17, 15) is 26.4 Å². The largest absolute Gasteiger partial charge is 0.501 e. The van der Waals surface area contributed by atoms with E-state index in [0.29, 0.717) is 13.1 Å². The van der Waals surface area contributed by atoms with Gasteiger partial charge in [0.15, 0.2) is 0 Å². The average Bonchev–Trinajstić information content (AvgIpc) is 2.91. The molecule has 1 aromatic rings. The number of carbonyl (C=O) groups is 1. The Hall–Kier alpha value is -1.57. The molecule has 1 saturated carbocycles. The molecule has 0 N–H and O–H groups in total. The number of carbonyl (C=O) groups excluding carboxylic acids is 1. The zero-order chi connectivity index (χ0) is 16.9. The molecule has 126 valence electrons. The summed E-state index contributed by atoms with van der Waals surface area (Å²) in [4.78, 5) is 13.1. The van der Waals surface area contributed by atoms with Crippen molar-refractivity contribution in [2.75, 3.05) is 13.1 Å². The number of amides is 1. The smallest absolute Gasteiger partial charge is 0.338 e. The van der Waals surface area contributed by atoms with Crippen LogP contribution in [0.15, 0.2) is 29.2 Å². The quantitative estimate of drug-likeness (QED) is 0.826. The average molecular weight is 347 g/mol. The Bertz CT molecular complexity index is 739. The van der Waals surface area contributed by atoms with Gasteiger partial charge in [-0.2, -0.15) is 13.2 Å². The van der Waals surface area contributed by atoms with Crippen molar-refractivity contribution < 1.29 is 26.4 Å². The summed E-state index contributed by atoms with van der Waals surface area (Å²) in [6.45, 7) is 0.950. The van der Waals surface area contributed by atoms with Gasteiger partial charge in [-0.05, 0) is 36.8 Å². The van der Waals surface area contributed by atoms with E-state index >= 15 is 0 Å². The fourth-order valence-corrected chi connectivity index (χ4v) is 4.32. The van der Waals surface area contributed by atoms with E-state index in [-0.39, 0.29) is 5.41 Å². The Balaban J connectivity index is 1.94. The molecule has 0 bridgehead atoms. The van der Waals surface area contributed by atoms with Gasteiger partial charge in [-0.3, -0.25) is 4.79 Å². The van der Waals surface area contributed by atoms with Crippen molar-refractivity contribution in [3.8, 4) is 0 Å². The lowest BCUT2D eigenvalue weighted by atomic mass is 9.68. The van der Waals surface area contributed by atoms with E-state index in [0.717, 1.165) is 37.8 Å². The van der Waals surface area contributed by atoms with E-state index in [1.807, 2.05) is 0 Å². The van der Waals surface area contributed by atoms with E-state index in [1.54, 1.807) is 0 Å². The van der Waals surface area contributed by atoms with Crippen LogP contribution in [0, 0.1) is 5.41 Å². The van der Waals surface area contributed by atoms with Crippen LogP contribution in [0.3, 0.4) is 0 Å². The topological polar surface area (TPSA) is 54.5 Å². The molecule has 2 aliphatic rings. The standard InChI is InChI=1S/C15H16F3NO3S/c16-15(17,18)23(21,22)12-5-2-1-4-11(12)13(20)19-9-8-14(10-19)6-3-7-14/h1-2,4-5H,3,6-10H2. The second kappa shape index (κ2) is 5.22. The SMILES string of the molecule is O=C(c1ccccc1S(=O)(=O)C(F)(F)F)N1CCC2(CCC2)C1. The highest BCUT2D eigenvalue weighted by atomic mass is 32.2. The number of alkyl halides is 3. The Morgan fingerprint density at radius 2 is 1.78 bits per heavy atom. The molecule has 1 aliphatic heterocycles. The van der Waals surface area contributed by atoms with E-state index in [2.05, 4.69) is 0 Å². The predicted molar refractivity (Wildman–Crippen MR) is 76.5 cm³/mol. The minimum absolute atomic E-state index is 0.0908. The molecule has 1 aliphatic carbocycles. The summed E-state index contributed by atoms with van der Waals surface area (Å²) in [6, 6.07) is 4.54. The van der Waals surface area contributed by atoms with Gasteiger partial charge in [0.25, 0.3) is 15.7 Å². The van der Waals surface area contributed by atoms with Gasteiger partial charge in [0.1, 0.15) is 0 Å². The highest BCUT2D eigenvalue weighted by molar-refractivity contribution is 7.92. The van der Waals surface area contributed by atoms with Crippen LogP contribution in [0.2, 0.25) is 0 Å². The van der Waals surface area contributed by atoms with Crippen molar-refractivity contribution in [3.05, 3.63) is 29.8 Å². The van der Waals surface area contributed by atoms with Crippen molar-refractivity contribution >= 4 is 15.7 Å². The first-order valence-corrected chi connectivity index (χ1v) is 8.84. The Morgan fingerprint density at radius 1 is 1.13 bits per heavy atom. The number of rotatable bonds is 2. The van der Waals surface area contributed by atoms with E-state index in [1.165, 1.54) is 17.0 Å². The number of sulfone groups is 1. The molecule has 0 atom stereocenters. The molecule has 0 aromatic heterocycles. The molecule has 1 saturated heterocycles. The fourth-order valence-electron chi connectivity index (χ4n) is 3.37. The van der Waals surface area contributed by atoms with Gasteiger partial charge < -0.3 is 4.90 Å². The van der Waals surface area contributed by atoms with Gasteiger partial charge >= 0.3 is 5.51 Å². The monoisotopic (exact) mass is 347 g/mol. The van der Waals surface area contributed by atoms with Gasteiger partial charge in [-0.1, -0.05) is 18.6 Å². The number of benzene rings is 1. The molecule has 8 heteroatoms. The van der Waals surface area contributed by atoms with Gasteiger partial charge in [0.05, 0.1) is 10.5 Å². The maximum absolute atomic E-state index is 12.8. The first-order valence-electron chi connectivity index (χ1n) is 7.36. The van der Waals surface area contributed by atoms with Crippen LogP contribution in [-0.2, 0) is 9.84 Å². The molecule has 23 heavy (non-hydrogen) atoms. The maximum Gasteiger partial charge on any atom is 0.501 e. The third kappa shape index (κ3) is 2.62. The number of hydrogen-bond donors (Lipinski definition) is 0. The lowest BCUT2D eigenvalue weighted by Gasteiger charge is -2.38. The van der Waals surface area contributed by atoms with Gasteiger partial charge in [-0.25, -0.2) is 8.42 Å². The van der Waals surface area contributed by atoms with Gasteiger partial charge in [0.2, 0.25) is 0 Å². The van der Waals surface area contributed by atoms with Crippen LogP contribution in [-0.4, -0.2) is 37.8 Å². The molecular weight excluding hydrogens is 331 g/mol. The summed E-state index contributed by atoms with van der Waals surface area (Å²) < 4.78 is 61.8. The van der Waals surface area contributed by atoms with Gasteiger partial charge in [-0.15, -0.1) is 0 Å². The van der Waals surface area contributed by atoms with Crippen molar-refractivity contribution in [2.24, 2.45) is 5.41 Å². The number of hydrogen-bond acceptors (Lipinski definition) is 3. The molecule has 1 spiro atoms. The minimum Gasteiger partial charge on any atom is -0.338 e. The first kappa shape index (κ1) is 16.3. The third-order valence-electron chi connectivity index (χ3n) is 4.85. The molecule has 1 heterocycles. The van der Waals surface area contributed by atoms with Gasteiger partial charge in [0, 0.05) is 13.1 Å². The third-order valence-corrected chi connectivity index (χ3v) is 6.40. The maximum atomic E-state index is 12.8. The summed E-state index contributed by atoms with van der Waals surface area (Å²) in [7, 11) is -5.55.